The van der Waals surface area contributed by atoms with Crippen molar-refractivity contribution >= 4 is 51.8 Å². The zero-order valence-electron chi connectivity index (χ0n) is 19.2. The van der Waals surface area contributed by atoms with Gasteiger partial charge in [-0.25, -0.2) is 9.78 Å². The highest BCUT2D eigenvalue weighted by Gasteiger charge is 2.28. The summed E-state index contributed by atoms with van der Waals surface area (Å²) in [6.07, 6.45) is 7.80. The number of nitrogens with zero attached hydrogens (tertiary/aromatic N) is 2. The predicted molar refractivity (Wildman–Crippen MR) is 136 cm³/mol. The van der Waals surface area contributed by atoms with Crippen molar-refractivity contribution in [2.45, 2.75) is 62.6 Å². The molecule has 0 atom stereocenters. The van der Waals surface area contributed by atoms with Crippen LogP contribution in [0.15, 0.2) is 34.7 Å². The van der Waals surface area contributed by atoms with Crippen LogP contribution in [0.3, 0.4) is 0 Å². The molecular formula is C24H32ClN3O3S2. The standard InChI is InChI=1S/C24H32ClN3O3S2/c1-3-31-21(29)16-32-22-15-26-23(33-22)27-24(30)28(20-11-9-17(2)10-12-20)13-5-7-18-6-4-8-19(25)14-18/h4,6,8,14-15,17,20H,3,5,7,9-13,16H2,1-2H3,(H,26,27,30). The molecule has 1 aromatic carbocycles. The fourth-order valence-corrected chi connectivity index (χ4v) is 5.90. The molecule has 9 heteroatoms. The Kier molecular flexibility index (Phi) is 10.3. The second-order valence-electron chi connectivity index (χ2n) is 8.35. The first kappa shape index (κ1) is 25.8. The zero-order chi connectivity index (χ0) is 23.6. The van der Waals surface area contributed by atoms with Crippen molar-refractivity contribution in [3.63, 3.8) is 0 Å². The van der Waals surface area contributed by atoms with E-state index in [4.69, 9.17) is 16.3 Å². The number of nitrogens with one attached hydrogen (secondary N) is 1. The predicted octanol–water partition coefficient (Wildman–Crippen LogP) is 6.50. The largest absolute Gasteiger partial charge is 0.465 e. The minimum Gasteiger partial charge on any atom is -0.465 e. The highest BCUT2D eigenvalue weighted by atomic mass is 35.5. The lowest BCUT2D eigenvalue weighted by Crippen LogP contribution is -2.45. The molecule has 0 radical (unpaired) electrons. The Labute approximate surface area is 209 Å². The first-order valence-electron chi connectivity index (χ1n) is 11.5. The number of carbonyl (C=O) groups excluding carboxylic acids is 2. The van der Waals surface area contributed by atoms with Gasteiger partial charge in [0.2, 0.25) is 0 Å². The van der Waals surface area contributed by atoms with Crippen molar-refractivity contribution in [3.05, 3.63) is 41.0 Å². The molecule has 1 heterocycles. The maximum atomic E-state index is 13.2. The first-order chi connectivity index (χ1) is 15.9. The van der Waals surface area contributed by atoms with E-state index in [0.29, 0.717) is 18.3 Å². The summed E-state index contributed by atoms with van der Waals surface area (Å²) in [6, 6.07) is 8.05. The number of thiazole rings is 1. The molecule has 1 saturated carbocycles. The number of aromatic nitrogens is 1. The number of hydrogen-bond acceptors (Lipinski definition) is 6. The SMILES string of the molecule is CCOC(=O)CSc1cnc(NC(=O)N(CCCc2cccc(Cl)c2)C2CCC(C)CC2)s1. The molecule has 1 aliphatic carbocycles. The number of esters is 1. The normalized spacial score (nSPS) is 18.0. The van der Waals surface area contributed by atoms with E-state index in [2.05, 4.69) is 23.3 Å². The minimum atomic E-state index is -0.251. The molecule has 1 N–H and O–H groups in total. The molecule has 1 fully saturated rings. The lowest BCUT2D eigenvalue weighted by atomic mass is 9.86. The van der Waals surface area contributed by atoms with Crippen LogP contribution < -0.4 is 5.32 Å². The van der Waals surface area contributed by atoms with Crippen molar-refractivity contribution in [3.8, 4) is 0 Å². The van der Waals surface area contributed by atoms with Gasteiger partial charge in [-0.3, -0.25) is 10.1 Å². The smallest absolute Gasteiger partial charge is 0.323 e. The van der Waals surface area contributed by atoms with E-state index in [1.54, 1.807) is 13.1 Å². The Bertz CT molecular complexity index is 916. The van der Waals surface area contributed by atoms with Crippen LogP contribution in [0.4, 0.5) is 9.93 Å². The van der Waals surface area contributed by atoms with E-state index in [1.165, 1.54) is 28.7 Å². The number of thioether (sulfide) groups is 1. The van der Waals surface area contributed by atoms with Crippen molar-refractivity contribution in [1.82, 2.24) is 9.88 Å². The van der Waals surface area contributed by atoms with Crippen LogP contribution in [-0.2, 0) is 16.0 Å². The van der Waals surface area contributed by atoms with E-state index >= 15 is 0 Å². The average Bonchev–Trinajstić information content (AvgIpc) is 3.23. The van der Waals surface area contributed by atoms with E-state index in [1.807, 2.05) is 23.1 Å². The highest BCUT2D eigenvalue weighted by Crippen LogP contribution is 2.30. The van der Waals surface area contributed by atoms with E-state index < -0.39 is 0 Å². The van der Waals surface area contributed by atoms with Crippen LogP contribution in [0.1, 0.15) is 51.5 Å². The molecule has 3 rings (SSSR count). The molecule has 2 aromatic rings. The monoisotopic (exact) mass is 509 g/mol. The number of aryl methyl sites for hydroxylation is 1. The lowest BCUT2D eigenvalue weighted by Gasteiger charge is -2.36. The van der Waals surface area contributed by atoms with Gasteiger partial charge in [0.05, 0.1) is 22.8 Å². The maximum absolute atomic E-state index is 13.2. The molecule has 33 heavy (non-hydrogen) atoms. The summed E-state index contributed by atoms with van der Waals surface area (Å²) in [7, 11) is 0. The van der Waals surface area contributed by atoms with Gasteiger partial charge in [-0.05, 0) is 69.1 Å². The summed E-state index contributed by atoms with van der Waals surface area (Å²) in [4.78, 5) is 31.1. The number of amides is 2. The summed E-state index contributed by atoms with van der Waals surface area (Å²) < 4.78 is 5.83. The molecule has 0 aliphatic heterocycles. The molecule has 0 bridgehead atoms. The van der Waals surface area contributed by atoms with Gasteiger partial charge in [-0.2, -0.15) is 0 Å². The van der Waals surface area contributed by atoms with Crippen LogP contribution in [0.2, 0.25) is 5.02 Å². The maximum Gasteiger partial charge on any atom is 0.323 e. The third kappa shape index (κ3) is 8.50. The average molecular weight is 510 g/mol. The van der Waals surface area contributed by atoms with Crippen LogP contribution in [-0.4, -0.2) is 46.8 Å². The Morgan fingerprint density at radius 3 is 2.82 bits per heavy atom. The third-order valence-electron chi connectivity index (χ3n) is 5.78. The number of anilines is 1. The van der Waals surface area contributed by atoms with Gasteiger partial charge in [0, 0.05) is 17.6 Å². The van der Waals surface area contributed by atoms with Gasteiger partial charge < -0.3 is 9.64 Å². The topological polar surface area (TPSA) is 71.5 Å². The number of hydrogen-bond donors (Lipinski definition) is 1. The van der Waals surface area contributed by atoms with E-state index in [9.17, 15) is 9.59 Å². The van der Waals surface area contributed by atoms with Crippen molar-refractivity contribution in [2.24, 2.45) is 5.92 Å². The Balaban J connectivity index is 1.58. The second-order valence-corrected chi connectivity index (χ2v) is 11.1. The quantitative estimate of drug-likeness (QED) is 0.292. The molecule has 1 aliphatic rings. The Hall–Kier alpha value is -1.77. The van der Waals surface area contributed by atoms with Crippen LogP contribution in [0, 0.1) is 5.92 Å². The van der Waals surface area contributed by atoms with E-state index in [0.717, 1.165) is 53.7 Å². The summed E-state index contributed by atoms with van der Waals surface area (Å²) in [5, 5.41) is 4.28. The molecule has 180 valence electrons. The van der Waals surface area contributed by atoms with E-state index in [-0.39, 0.29) is 23.8 Å². The number of urea groups is 1. The fraction of sp³-hybridized carbons (Fsp3) is 0.542. The molecule has 0 spiro atoms. The summed E-state index contributed by atoms with van der Waals surface area (Å²) >= 11 is 8.86. The minimum absolute atomic E-state index is 0.100. The third-order valence-corrected chi connectivity index (χ3v) is 8.09. The number of halogens is 1. The number of benzene rings is 1. The van der Waals surface area contributed by atoms with Gasteiger partial charge >= 0.3 is 12.0 Å². The van der Waals surface area contributed by atoms with Crippen molar-refractivity contribution in [2.75, 3.05) is 24.2 Å². The van der Waals surface area contributed by atoms with Crippen LogP contribution in [0.25, 0.3) is 0 Å². The van der Waals surface area contributed by atoms with Crippen molar-refractivity contribution < 1.29 is 14.3 Å². The lowest BCUT2D eigenvalue weighted by molar-refractivity contribution is -0.139. The first-order valence-corrected chi connectivity index (χ1v) is 13.7. The molecule has 0 unspecified atom stereocenters. The van der Waals surface area contributed by atoms with Gasteiger partial charge in [-0.15, -0.1) is 11.8 Å². The molecular weight excluding hydrogens is 478 g/mol. The number of ether oxygens (including phenoxy) is 1. The fourth-order valence-electron chi connectivity index (χ4n) is 4.03. The second kappa shape index (κ2) is 13.2. The highest BCUT2D eigenvalue weighted by molar-refractivity contribution is 8.01. The Morgan fingerprint density at radius 1 is 1.30 bits per heavy atom. The van der Waals surface area contributed by atoms with Crippen LogP contribution in [0.5, 0.6) is 0 Å². The van der Waals surface area contributed by atoms with Gasteiger partial charge in [0.15, 0.2) is 5.13 Å². The molecule has 2 amide bonds. The summed E-state index contributed by atoms with van der Waals surface area (Å²) in [5.41, 5.74) is 1.18. The van der Waals surface area contributed by atoms with Crippen molar-refractivity contribution in [1.29, 1.82) is 0 Å². The summed E-state index contributed by atoms with van der Waals surface area (Å²) in [6.45, 7) is 5.13. The van der Waals surface area contributed by atoms with Crippen LogP contribution >= 0.6 is 34.7 Å². The molecule has 6 nitrogen and oxygen atoms in total. The number of rotatable bonds is 10. The van der Waals surface area contributed by atoms with Gasteiger partial charge in [-0.1, -0.05) is 42.0 Å². The van der Waals surface area contributed by atoms with Gasteiger partial charge in [0.1, 0.15) is 0 Å². The molecule has 0 saturated heterocycles. The number of carbonyl (C=O) groups is 2. The van der Waals surface area contributed by atoms with Gasteiger partial charge in [0.25, 0.3) is 0 Å². The summed E-state index contributed by atoms with van der Waals surface area (Å²) in [5.74, 6) is 0.703. The zero-order valence-corrected chi connectivity index (χ0v) is 21.6. The Morgan fingerprint density at radius 2 is 2.09 bits per heavy atom. The molecule has 1 aromatic heterocycles.